The van der Waals surface area contributed by atoms with Gasteiger partial charge in [0.15, 0.2) is 0 Å². The second-order valence-corrected chi connectivity index (χ2v) is 1.35. The Kier molecular flexibility index (Phi) is 30.2. The summed E-state index contributed by atoms with van der Waals surface area (Å²) in [4.78, 5) is 19.2. The van der Waals surface area contributed by atoms with E-state index in [-0.39, 0.29) is 88.7 Å². The van der Waals surface area contributed by atoms with E-state index in [0.29, 0.717) is 0 Å². The van der Waals surface area contributed by atoms with E-state index in [1.54, 1.807) is 0 Å². The molecule has 0 aromatic carbocycles. The molecule has 0 radical (unpaired) electrons. The summed E-state index contributed by atoms with van der Waals surface area (Å²) in [5, 5.41) is 21.2. The van der Waals surface area contributed by atoms with E-state index in [1.807, 2.05) is 0 Å². The van der Waals surface area contributed by atoms with E-state index < -0.39 is 25.0 Å². The standard InChI is InChI=1S/C4H7NO4.3Na/c6-3(7)1-5-2-4(8)9;;;/h5H,1-2H2,(H,6,7)(H,8,9);;;/q;3*+1/p-2. The van der Waals surface area contributed by atoms with Gasteiger partial charge in [-0.15, -0.1) is 0 Å². The zero-order valence-corrected chi connectivity index (χ0v) is 13.5. The molecule has 52 valence electrons. The second kappa shape index (κ2) is 15.4. The van der Waals surface area contributed by atoms with Gasteiger partial charge in [-0.3, -0.25) is 0 Å². The van der Waals surface area contributed by atoms with Crippen LogP contribution in [0.4, 0.5) is 0 Å². The van der Waals surface area contributed by atoms with Crippen molar-refractivity contribution in [2.45, 2.75) is 0 Å². The van der Waals surface area contributed by atoms with Gasteiger partial charge in [-0.2, -0.15) is 0 Å². The van der Waals surface area contributed by atoms with Crippen LogP contribution < -0.4 is 104 Å². The van der Waals surface area contributed by atoms with Gasteiger partial charge in [0, 0.05) is 13.1 Å². The van der Waals surface area contributed by atoms with Gasteiger partial charge in [0.05, 0.1) is 11.9 Å². The summed E-state index contributed by atoms with van der Waals surface area (Å²) in [6.07, 6.45) is 0. The summed E-state index contributed by atoms with van der Waals surface area (Å²) in [7, 11) is 0. The number of carboxylic acids is 2. The van der Waals surface area contributed by atoms with E-state index in [9.17, 15) is 19.8 Å². The summed E-state index contributed by atoms with van der Waals surface area (Å²) in [5.74, 6) is -2.67. The van der Waals surface area contributed by atoms with Crippen LogP contribution in [0, 0.1) is 0 Å². The van der Waals surface area contributed by atoms with Crippen LogP contribution in [0.1, 0.15) is 0 Å². The van der Waals surface area contributed by atoms with E-state index >= 15 is 0 Å². The SMILES string of the molecule is O=C([O-])CNCC(=O)[O-].[Na+].[Na+].[Na+]. The topological polar surface area (TPSA) is 92.3 Å². The normalized spacial score (nSPS) is 6.67. The summed E-state index contributed by atoms with van der Waals surface area (Å²) >= 11 is 0. The molecule has 0 fully saturated rings. The zero-order valence-electron chi connectivity index (χ0n) is 7.55. The number of carbonyl (C=O) groups excluding carboxylic acids is 2. The molecule has 12 heavy (non-hydrogen) atoms. The molecule has 0 spiro atoms. The number of hydrogen-bond acceptors (Lipinski definition) is 5. The molecule has 0 aromatic rings. The van der Waals surface area contributed by atoms with Crippen molar-refractivity contribution in [2.75, 3.05) is 13.1 Å². The van der Waals surface area contributed by atoms with Crippen molar-refractivity contribution in [3.63, 3.8) is 0 Å². The van der Waals surface area contributed by atoms with E-state index in [2.05, 4.69) is 5.32 Å². The molecule has 0 amide bonds. The first-order valence-electron chi connectivity index (χ1n) is 2.23. The Morgan fingerprint density at radius 1 is 0.917 bits per heavy atom. The third-order valence-corrected chi connectivity index (χ3v) is 0.539. The number of nitrogens with one attached hydrogen (secondary N) is 1. The fourth-order valence-electron chi connectivity index (χ4n) is 0.267. The Labute approximate surface area is 137 Å². The van der Waals surface area contributed by atoms with Crippen molar-refractivity contribution < 1.29 is 108 Å². The molecule has 8 heteroatoms. The molecule has 1 N–H and O–H groups in total. The predicted molar refractivity (Wildman–Crippen MR) is 22.9 cm³/mol. The molecule has 0 aliphatic carbocycles. The summed E-state index contributed by atoms with van der Waals surface area (Å²) in [6.45, 7) is -0.929. The van der Waals surface area contributed by atoms with Gasteiger partial charge in [-0.1, -0.05) is 0 Å². The zero-order chi connectivity index (χ0) is 7.28. The number of rotatable bonds is 4. The average molecular weight is 200 g/mol. The van der Waals surface area contributed by atoms with Crippen LogP contribution in [0.5, 0.6) is 0 Å². The van der Waals surface area contributed by atoms with Gasteiger partial charge in [-0.05, 0) is 0 Å². The van der Waals surface area contributed by atoms with E-state index in [4.69, 9.17) is 0 Å². The third kappa shape index (κ3) is 22.7. The molecule has 0 aliphatic heterocycles. The first kappa shape index (κ1) is 23.6. The van der Waals surface area contributed by atoms with Crippen molar-refractivity contribution in [3.8, 4) is 0 Å². The van der Waals surface area contributed by atoms with Crippen LogP contribution in [0.15, 0.2) is 0 Å². The molecule has 0 saturated heterocycles. The monoisotopic (exact) mass is 200 g/mol. The average Bonchev–Trinajstić information content (AvgIpc) is 1.63. The smallest absolute Gasteiger partial charge is 0.549 e. The second-order valence-electron chi connectivity index (χ2n) is 1.35. The van der Waals surface area contributed by atoms with Crippen LogP contribution in [0.2, 0.25) is 0 Å². The van der Waals surface area contributed by atoms with Crippen molar-refractivity contribution in [2.24, 2.45) is 0 Å². The minimum atomic E-state index is -1.34. The third-order valence-electron chi connectivity index (χ3n) is 0.539. The van der Waals surface area contributed by atoms with Crippen LogP contribution in [-0.4, -0.2) is 25.0 Å². The van der Waals surface area contributed by atoms with Gasteiger partial charge in [0.2, 0.25) is 0 Å². The van der Waals surface area contributed by atoms with Crippen LogP contribution in [-0.2, 0) is 9.59 Å². The van der Waals surface area contributed by atoms with Crippen LogP contribution in [0.3, 0.4) is 0 Å². The maximum Gasteiger partial charge on any atom is 1.00 e. The van der Waals surface area contributed by atoms with Crippen LogP contribution >= 0.6 is 0 Å². The molecule has 0 rings (SSSR count). The van der Waals surface area contributed by atoms with Gasteiger partial charge in [0.25, 0.3) is 0 Å². The van der Waals surface area contributed by atoms with E-state index in [0.717, 1.165) is 0 Å². The van der Waals surface area contributed by atoms with Gasteiger partial charge in [-0.25, -0.2) is 0 Å². The fraction of sp³-hybridized carbons (Fsp3) is 0.500. The molecule has 0 aromatic heterocycles. The maximum atomic E-state index is 9.59. The number of aliphatic carboxylic acids is 2. The minimum absolute atomic E-state index is 0. The summed E-state index contributed by atoms with van der Waals surface area (Å²) < 4.78 is 0. The fourth-order valence-corrected chi connectivity index (χ4v) is 0.267. The van der Waals surface area contributed by atoms with Gasteiger partial charge in [0.1, 0.15) is 0 Å². The minimum Gasteiger partial charge on any atom is -0.549 e. The van der Waals surface area contributed by atoms with Crippen molar-refractivity contribution in [1.29, 1.82) is 0 Å². The van der Waals surface area contributed by atoms with Crippen molar-refractivity contribution in [1.82, 2.24) is 5.32 Å². The Morgan fingerprint density at radius 3 is 1.33 bits per heavy atom. The molecule has 5 nitrogen and oxygen atoms in total. The Morgan fingerprint density at radius 2 is 1.17 bits per heavy atom. The molecular formula is C4H5NNa3O4+. The Balaban J connectivity index is -0.000000107. The molecule has 0 saturated carbocycles. The summed E-state index contributed by atoms with van der Waals surface area (Å²) in [6, 6.07) is 0. The molecule has 0 aliphatic rings. The van der Waals surface area contributed by atoms with Crippen molar-refractivity contribution in [3.05, 3.63) is 0 Å². The number of hydrogen-bond donors (Lipinski definition) is 1. The maximum absolute atomic E-state index is 9.59. The molecule has 0 unspecified atom stereocenters. The number of carbonyl (C=O) groups is 2. The molecule has 0 heterocycles. The molecular weight excluding hydrogens is 195 g/mol. The molecule has 0 bridgehead atoms. The largest absolute Gasteiger partial charge is 1.00 e. The Hall–Kier alpha value is 1.90. The van der Waals surface area contributed by atoms with E-state index in [1.165, 1.54) is 0 Å². The quantitative estimate of drug-likeness (QED) is 0.455. The van der Waals surface area contributed by atoms with Gasteiger partial charge < -0.3 is 25.1 Å². The van der Waals surface area contributed by atoms with Crippen molar-refractivity contribution >= 4 is 11.9 Å². The first-order valence-corrected chi connectivity index (χ1v) is 2.23. The van der Waals surface area contributed by atoms with Gasteiger partial charge >= 0.3 is 88.7 Å². The summed E-state index contributed by atoms with van der Waals surface area (Å²) in [5.41, 5.74) is 0. The number of carboxylic acid groups (broad SMARTS) is 2. The van der Waals surface area contributed by atoms with Crippen LogP contribution in [0.25, 0.3) is 0 Å². The first-order chi connectivity index (χ1) is 4.13. The Bertz CT molecular complexity index is 117. The predicted octanol–water partition coefficient (Wildman–Crippen LogP) is -12.9. The molecule has 0 atom stereocenters.